The lowest BCUT2D eigenvalue weighted by atomic mass is 10.2. The summed E-state index contributed by atoms with van der Waals surface area (Å²) in [6, 6.07) is 7.17. The van der Waals surface area contributed by atoms with E-state index >= 15 is 0 Å². The van der Waals surface area contributed by atoms with E-state index in [4.69, 9.17) is 0 Å². The highest BCUT2D eigenvalue weighted by Crippen LogP contribution is 2.16. The predicted molar refractivity (Wildman–Crippen MR) is 55.8 cm³/mol. The Morgan fingerprint density at radius 3 is 2.50 bits per heavy atom. The molecule has 2 rings (SSSR count). The Labute approximate surface area is 81.3 Å². The van der Waals surface area contributed by atoms with Crippen LogP contribution >= 0.6 is 7.73 Å². The summed E-state index contributed by atoms with van der Waals surface area (Å²) < 4.78 is 14.6. The molecule has 4 nitrogen and oxygen atoms in total. The van der Waals surface area contributed by atoms with Crippen LogP contribution in [-0.2, 0) is 18.7 Å². The number of aromatic nitrogens is 2. The standard InChI is InChI=1S/C9H10N2O2P/c1-10-8-6-4-3-5-7(8)9(12)11(2)14(10)13/h3-6H,1-2H3/q+1. The van der Waals surface area contributed by atoms with Gasteiger partial charge in [-0.15, -0.1) is 8.66 Å². The number of rotatable bonds is 0. The summed E-state index contributed by atoms with van der Waals surface area (Å²) in [5.74, 6) is 0. The summed E-state index contributed by atoms with van der Waals surface area (Å²) >= 11 is 0. The number of hydrogen-bond donors (Lipinski definition) is 0. The van der Waals surface area contributed by atoms with Crippen LogP contribution in [0.4, 0.5) is 0 Å². The van der Waals surface area contributed by atoms with Crippen LogP contribution in [0.1, 0.15) is 0 Å². The molecule has 0 aliphatic rings. The van der Waals surface area contributed by atoms with E-state index in [-0.39, 0.29) is 5.56 Å². The van der Waals surface area contributed by atoms with Crippen LogP contribution in [0.5, 0.6) is 0 Å². The molecule has 1 atom stereocenters. The van der Waals surface area contributed by atoms with Crippen LogP contribution in [0.3, 0.4) is 0 Å². The third kappa shape index (κ3) is 1.11. The normalized spacial score (nSPS) is 12.0. The third-order valence-electron chi connectivity index (χ3n) is 2.29. The Kier molecular flexibility index (Phi) is 2.01. The number of aryl methyl sites for hydroxylation is 1. The quantitative estimate of drug-likeness (QED) is 0.661. The molecule has 0 radical (unpaired) electrons. The molecule has 0 N–H and O–H groups in total. The molecule has 1 aromatic carbocycles. The highest BCUT2D eigenvalue weighted by molar-refractivity contribution is 7.28. The summed E-state index contributed by atoms with van der Waals surface area (Å²) in [7, 11) is 1.50. The minimum atomic E-state index is -1.77. The number of fused-ring (bicyclic) bond motifs is 1. The fraction of sp³-hybridized carbons (Fsp3) is 0.222. The van der Waals surface area contributed by atoms with Crippen LogP contribution in [0.2, 0.25) is 0 Å². The van der Waals surface area contributed by atoms with Gasteiger partial charge in [-0.25, -0.2) is 0 Å². The van der Waals surface area contributed by atoms with Gasteiger partial charge in [-0.1, -0.05) is 12.1 Å². The van der Waals surface area contributed by atoms with Crippen molar-refractivity contribution in [1.82, 2.24) is 8.66 Å². The number of hydrogen-bond acceptors (Lipinski definition) is 2. The predicted octanol–water partition coefficient (Wildman–Crippen LogP) is 1.62. The van der Waals surface area contributed by atoms with Gasteiger partial charge in [0.1, 0.15) is 0 Å². The molecule has 72 valence electrons. The van der Waals surface area contributed by atoms with Gasteiger partial charge in [0.15, 0.2) is 0 Å². The van der Waals surface area contributed by atoms with E-state index in [1.54, 1.807) is 36.6 Å². The van der Waals surface area contributed by atoms with Gasteiger partial charge in [0.05, 0.1) is 25.0 Å². The van der Waals surface area contributed by atoms with Gasteiger partial charge in [-0.2, -0.15) is 0 Å². The summed E-state index contributed by atoms with van der Waals surface area (Å²) in [6.45, 7) is 0. The molecular formula is C9H10N2O2P+. The topological polar surface area (TPSA) is 44.0 Å². The maximum atomic E-state index is 11.7. The Balaban J connectivity index is 3.19. The van der Waals surface area contributed by atoms with Gasteiger partial charge in [0.2, 0.25) is 0 Å². The highest BCUT2D eigenvalue weighted by Gasteiger charge is 2.15. The van der Waals surface area contributed by atoms with Crippen LogP contribution in [-0.4, -0.2) is 8.66 Å². The van der Waals surface area contributed by atoms with Crippen molar-refractivity contribution in [3.8, 4) is 0 Å². The zero-order valence-electron chi connectivity index (χ0n) is 7.97. The van der Waals surface area contributed by atoms with Crippen LogP contribution in [0.25, 0.3) is 10.9 Å². The van der Waals surface area contributed by atoms with Crippen molar-refractivity contribution in [3.05, 3.63) is 34.6 Å². The maximum Gasteiger partial charge on any atom is 0.598 e. The first kappa shape index (κ1) is 9.16. The third-order valence-corrected chi connectivity index (χ3v) is 3.71. The maximum absolute atomic E-state index is 11.7. The first-order valence-electron chi connectivity index (χ1n) is 4.21. The number of para-hydroxylation sites is 1. The van der Waals surface area contributed by atoms with Crippen molar-refractivity contribution in [3.63, 3.8) is 0 Å². The molecule has 5 heteroatoms. The summed E-state index contributed by atoms with van der Waals surface area (Å²) in [5.41, 5.74) is 0.552. The van der Waals surface area contributed by atoms with Crippen molar-refractivity contribution in [1.29, 1.82) is 0 Å². The number of nitrogens with zero attached hydrogens (tertiary/aromatic N) is 2. The van der Waals surface area contributed by atoms with Crippen molar-refractivity contribution >= 4 is 18.6 Å². The largest absolute Gasteiger partial charge is 0.598 e. The first-order valence-corrected chi connectivity index (χ1v) is 5.37. The Morgan fingerprint density at radius 2 is 1.79 bits per heavy atom. The summed E-state index contributed by atoms with van der Waals surface area (Å²) in [4.78, 5) is 11.7. The van der Waals surface area contributed by atoms with Crippen LogP contribution in [0.15, 0.2) is 29.1 Å². The summed E-state index contributed by atoms with van der Waals surface area (Å²) in [6.07, 6.45) is 0. The second kappa shape index (κ2) is 3.07. The minimum Gasteiger partial charge on any atom is -0.265 e. The molecule has 0 fully saturated rings. The molecule has 0 aliphatic heterocycles. The molecule has 0 aliphatic carbocycles. The Morgan fingerprint density at radius 1 is 1.14 bits per heavy atom. The lowest BCUT2D eigenvalue weighted by Crippen LogP contribution is -2.16. The smallest absolute Gasteiger partial charge is 0.265 e. The highest BCUT2D eigenvalue weighted by atomic mass is 31.1. The average molecular weight is 209 g/mol. The van der Waals surface area contributed by atoms with Crippen molar-refractivity contribution in [2.45, 2.75) is 0 Å². The van der Waals surface area contributed by atoms with E-state index in [1.807, 2.05) is 6.07 Å². The summed E-state index contributed by atoms with van der Waals surface area (Å²) in [5, 5.41) is 0.604. The molecule has 0 amide bonds. The zero-order valence-corrected chi connectivity index (χ0v) is 8.86. The molecule has 1 unspecified atom stereocenters. The molecular weight excluding hydrogens is 199 g/mol. The molecule has 0 saturated carbocycles. The first-order chi connectivity index (χ1) is 6.63. The van der Waals surface area contributed by atoms with E-state index < -0.39 is 7.73 Å². The SMILES string of the molecule is Cn1c(=O)c2ccccc2n(C)[p+]1=O. The molecule has 1 heterocycles. The van der Waals surface area contributed by atoms with Gasteiger partial charge in [0, 0.05) is 0 Å². The minimum absolute atomic E-state index is 0.181. The second-order valence-electron chi connectivity index (χ2n) is 3.12. The van der Waals surface area contributed by atoms with Crippen LogP contribution < -0.4 is 5.56 Å². The van der Waals surface area contributed by atoms with E-state index in [9.17, 15) is 9.36 Å². The van der Waals surface area contributed by atoms with E-state index in [1.165, 1.54) is 4.33 Å². The number of benzene rings is 1. The van der Waals surface area contributed by atoms with E-state index in [0.29, 0.717) is 5.39 Å². The van der Waals surface area contributed by atoms with Gasteiger partial charge in [0.25, 0.3) is 5.56 Å². The van der Waals surface area contributed by atoms with Gasteiger partial charge < -0.3 is 0 Å². The van der Waals surface area contributed by atoms with E-state index in [2.05, 4.69) is 0 Å². The lowest BCUT2D eigenvalue weighted by Gasteiger charge is -1.97. The van der Waals surface area contributed by atoms with Crippen molar-refractivity contribution in [2.75, 3.05) is 0 Å². The molecule has 2 aromatic rings. The van der Waals surface area contributed by atoms with Crippen LogP contribution in [0, 0.1) is 0 Å². The molecule has 0 spiro atoms. The van der Waals surface area contributed by atoms with Crippen molar-refractivity contribution < 1.29 is 4.57 Å². The van der Waals surface area contributed by atoms with Crippen molar-refractivity contribution in [2.24, 2.45) is 14.1 Å². The molecule has 0 saturated heterocycles. The molecule has 0 bridgehead atoms. The van der Waals surface area contributed by atoms with Gasteiger partial charge in [-0.3, -0.25) is 4.79 Å². The zero-order chi connectivity index (χ0) is 10.3. The average Bonchev–Trinajstić information content (AvgIpc) is 2.23. The Bertz CT molecular complexity index is 612. The fourth-order valence-corrected chi connectivity index (χ4v) is 2.51. The monoisotopic (exact) mass is 209 g/mol. The molecule has 14 heavy (non-hydrogen) atoms. The van der Waals surface area contributed by atoms with E-state index in [0.717, 1.165) is 5.52 Å². The molecule has 1 aromatic heterocycles. The second-order valence-corrected chi connectivity index (χ2v) is 4.83. The lowest BCUT2D eigenvalue weighted by molar-refractivity contribution is 0.580. The Hall–Kier alpha value is -1.41. The van der Waals surface area contributed by atoms with Gasteiger partial charge in [-0.05, 0) is 16.7 Å². The fourth-order valence-electron chi connectivity index (χ4n) is 1.48. The van der Waals surface area contributed by atoms with Gasteiger partial charge >= 0.3 is 7.73 Å².